The van der Waals surface area contributed by atoms with Gasteiger partial charge in [0.2, 0.25) is 0 Å². The summed E-state index contributed by atoms with van der Waals surface area (Å²) in [6.07, 6.45) is 1.19. The first-order chi connectivity index (χ1) is 11.1. The number of benzene rings is 1. The van der Waals surface area contributed by atoms with Gasteiger partial charge in [0.1, 0.15) is 5.82 Å². The van der Waals surface area contributed by atoms with E-state index in [1.807, 2.05) is 17.0 Å². The third kappa shape index (κ3) is 4.31. The maximum absolute atomic E-state index is 14.4. The molecule has 2 heterocycles. The van der Waals surface area contributed by atoms with E-state index >= 15 is 0 Å². The molecule has 2 N–H and O–H groups in total. The molecule has 1 saturated heterocycles. The zero-order valence-corrected chi connectivity index (χ0v) is 14.2. The molecule has 0 aliphatic carbocycles. The first kappa shape index (κ1) is 16.4. The van der Waals surface area contributed by atoms with E-state index in [9.17, 15) is 9.50 Å². The maximum Gasteiger partial charge on any atom is 0.146 e. The second kappa shape index (κ2) is 7.43. The number of nitrogens with one attached hydrogen (secondary N) is 1. The van der Waals surface area contributed by atoms with E-state index in [1.54, 1.807) is 17.4 Å². The normalized spacial score (nSPS) is 16.0. The van der Waals surface area contributed by atoms with Gasteiger partial charge in [0.05, 0.1) is 11.8 Å². The van der Waals surface area contributed by atoms with Crippen molar-refractivity contribution in [1.82, 2.24) is 5.32 Å². The van der Waals surface area contributed by atoms with Gasteiger partial charge in [-0.25, -0.2) is 4.39 Å². The number of aliphatic hydroxyl groups is 1. The number of hydrogen-bond acceptors (Lipinski definition) is 4. The lowest BCUT2D eigenvalue weighted by atomic mass is 10.1. The average Bonchev–Trinajstić information content (AvgIpc) is 2.94. The summed E-state index contributed by atoms with van der Waals surface area (Å²) in [5.41, 5.74) is 1.60. The molecule has 23 heavy (non-hydrogen) atoms. The molecule has 0 spiro atoms. The quantitative estimate of drug-likeness (QED) is 0.879. The molecule has 1 aromatic heterocycles. The summed E-state index contributed by atoms with van der Waals surface area (Å²) in [6, 6.07) is 9.70. The van der Waals surface area contributed by atoms with Crippen molar-refractivity contribution in [2.75, 3.05) is 18.0 Å². The fraction of sp³-hybridized carbons (Fsp3) is 0.444. The van der Waals surface area contributed by atoms with E-state index in [0.29, 0.717) is 38.2 Å². The molecule has 0 amide bonds. The van der Waals surface area contributed by atoms with Gasteiger partial charge in [0.15, 0.2) is 0 Å². The molecule has 3 nitrogen and oxygen atoms in total. The molecule has 1 aliphatic rings. The van der Waals surface area contributed by atoms with Gasteiger partial charge >= 0.3 is 0 Å². The zero-order chi connectivity index (χ0) is 16.2. The largest absolute Gasteiger partial charge is 0.393 e. The summed E-state index contributed by atoms with van der Waals surface area (Å²) in [5.74, 6) is -0.173. The minimum Gasteiger partial charge on any atom is -0.393 e. The highest BCUT2D eigenvalue weighted by Gasteiger charge is 2.19. The highest BCUT2D eigenvalue weighted by Crippen LogP contribution is 2.24. The molecular weight excluding hydrogens is 311 g/mol. The van der Waals surface area contributed by atoms with Crippen LogP contribution in [0.3, 0.4) is 0 Å². The van der Waals surface area contributed by atoms with Crippen LogP contribution in [0, 0.1) is 12.7 Å². The molecule has 0 atom stereocenters. The molecule has 0 bridgehead atoms. The Morgan fingerprint density at radius 1 is 1.22 bits per heavy atom. The van der Waals surface area contributed by atoms with Gasteiger partial charge in [-0.3, -0.25) is 0 Å². The summed E-state index contributed by atoms with van der Waals surface area (Å²) < 4.78 is 14.4. The second-order valence-corrected chi connectivity index (χ2v) is 7.49. The number of nitrogens with zero attached hydrogens (tertiary/aromatic N) is 1. The van der Waals surface area contributed by atoms with Gasteiger partial charge in [-0.15, -0.1) is 11.3 Å². The van der Waals surface area contributed by atoms with Crippen LogP contribution in [0.25, 0.3) is 0 Å². The molecule has 124 valence electrons. The SMILES string of the molecule is Cc1ccc(CNCc2ccc(N3CCC(O)CC3)c(F)c2)s1. The first-order valence-corrected chi connectivity index (χ1v) is 8.91. The van der Waals surface area contributed by atoms with Crippen LogP contribution in [-0.4, -0.2) is 24.3 Å². The monoisotopic (exact) mass is 334 g/mol. The highest BCUT2D eigenvalue weighted by molar-refractivity contribution is 7.11. The van der Waals surface area contributed by atoms with Gasteiger partial charge in [0, 0.05) is 35.9 Å². The number of hydrogen-bond donors (Lipinski definition) is 2. The lowest BCUT2D eigenvalue weighted by molar-refractivity contribution is 0.145. The maximum atomic E-state index is 14.4. The van der Waals surface area contributed by atoms with Crippen molar-refractivity contribution in [3.05, 3.63) is 51.5 Å². The van der Waals surface area contributed by atoms with Crippen molar-refractivity contribution < 1.29 is 9.50 Å². The van der Waals surface area contributed by atoms with Crippen LogP contribution in [0.15, 0.2) is 30.3 Å². The summed E-state index contributed by atoms with van der Waals surface area (Å²) >= 11 is 1.78. The van der Waals surface area contributed by atoms with Crippen molar-refractivity contribution in [3.8, 4) is 0 Å². The van der Waals surface area contributed by atoms with E-state index in [1.165, 1.54) is 9.75 Å². The minimum absolute atomic E-state index is 0.173. The van der Waals surface area contributed by atoms with Crippen LogP contribution in [0.5, 0.6) is 0 Å². The Kier molecular flexibility index (Phi) is 5.30. The lowest BCUT2D eigenvalue weighted by Crippen LogP contribution is -2.36. The number of anilines is 1. The van der Waals surface area contributed by atoms with E-state index < -0.39 is 0 Å². The molecule has 3 rings (SSSR count). The van der Waals surface area contributed by atoms with Gasteiger partial charge in [-0.1, -0.05) is 6.07 Å². The molecule has 1 aromatic carbocycles. The fourth-order valence-corrected chi connectivity index (χ4v) is 3.79. The topological polar surface area (TPSA) is 35.5 Å². The van der Waals surface area contributed by atoms with E-state index in [4.69, 9.17) is 0 Å². The standard InChI is InChI=1S/C18H23FN2OS/c1-13-2-4-16(23-13)12-20-11-14-3-5-18(17(19)10-14)21-8-6-15(22)7-9-21/h2-5,10,15,20,22H,6-9,11-12H2,1H3. The van der Waals surface area contributed by atoms with Gasteiger partial charge in [-0.2, -0.15) is 0 Å². The van der Waals surface area contributed by atoms with Crippen LogP contribution >= 0.6 is 11.3 Å². The minimum atomic E-state index is -0.237. The van der Waals surface area contributed by atoms with Crippen LogP contribution in [0.4, 0.5) is 10.1 Å². The first-order valence-electron chi connectivity index (χ1n) is 8.09. The molecule has 5 heteroatoms. The fourth-order valence-electron chi connectivity index (χ4n) is 2.93. The summed E-state index contributed by atoms with van der Waals surface area (Å²) in [6.45, 7) is 5.00. The molecule has 0 saturated carbocycles. The van der Waals surface area contributed by atoms with Crippen molar-refractivity contribution in [2.24, 2.45) is 0 Å². The summed E-state index contributed by atoms with van der Waals surface area (Å²) in [5, 5.41) is 12.9. The summed E-state index contributed by atoms with van der Waals surface area (Å²) in [4.78, 5) is 4.63. The van der Waals surface area contributed by atoms with Crippen molar-refractivity contribution in [3.63, 3.8) is 0 Å². The molecular formula is C18H23FN2OS. The molecule has 2 aromatic rings. The predicted molar refractivity (Wildman–Crippen MR) is 93.5 cm³/mol. The molecule has 1 aliphatic heterocycles. The van der Waals surface area contributed by atoms with Gasteiger partial charge in [-0.05, 0) is 49.6 Å². The second-order valence-electron chi connectivity index (χ2n) is 6.12. The molecule has 0 radical (unpaired) electrons. The van der Waals surface area contributed by atoms with E-state index in [-0.39, 0.29) is 11.9 Å². The van der Waals surface area contributed by atoms with Crippen molar-refractivity contribution >= 4 is 17.0 Å². The number of aliphatic hydroxyl groups excluding tert-OH is 1. The van der Waals surface area contributed by atoms with Crippen molar-refractivity contribution in [2.45, 2.75) is 39.0 Å². The Balaban J connectivity index is 1.56. The smallest absolute Gasteiger partial charge is 0.146 e. The molecule has 0 unspecified atom stereocenters. The van der Waals surface area contributed by atoms with E-state index in [0.717, 1.165) is 12.1 Å². The average molecular weight is 334 g/mol. The van der Waals surface area contributed by atoms with Crippen molar-refractivity contribution in [1.29, 1.82) is 0 Å². The predicted octanol–water partition coefficient (Wildman–Crippen LogP) is 3.45. The summed E-state index contributed by atoms with van der Waals surface area (Å²) in [7, 11) is 0. The zero-order valence-electron chi connectivity index (χ0n) is 13.4. The van der Waals surface area contributed by atoms with Gasteiger partial charge < -0.3 is 15.3 Å². The van der Waals surface area contributed by atoms with Crippen LogP contribution < -0.4 is 10.2 Å². The Morgan fingerprint density at radius 3 is 2.65 bits per heavy atom. The van der Waals surface area contributed by atoms with Crippen LogP contribution in [0.1, 0.15) is 28.2 Å². The third-order valence-corrected chi connectivity index (χ3v) is 5.24. The number of rotatable bonds is 5. The Labute approximate surface area is 140 Å². The third-order valence-electron chi connectivity index (χ3n) is 4.24. The van der Waals surface area contributed by atoms with Crippen LogP contribution in [0.2, 0.25) is 0 Å². The number of thiophene rings is 1. The number of aryl methyl sites for hydroxylation is 1. The Bertz CT molecular complexity index is 650. The van der Waals surface area contributed by atoms with Gasteiger partial charge in [0.25, 0.3) is 0 Å². The number of piperidine rings is 1. The Hall–Kier alpha value is -1.43. The van der Waals surface area contributed by atoms with Crippen LogP contribution in [-0.2, 0) is 13.1 Å². The number of halogens is 1. The molecule has 1 fully saturated rings. The Morgan fingerprint density at radius 2 is 2.00 bits per heavy atom. The highest BCUT2D eigenvalue weighted by atomic mass is 32.1. The lowest BCUT2D eigenvalue weighted by Gasteiger charge is -2.31. The van der Waals surface area contributed by atoms with E-state index in [2.05, 4.69) is 24.4 Å².